The molecule has 7 heteroatoms. The van der Waals surface area contributed by atoms with Crippen LogP contribution in [-0.4, -0.2) is 19.9 Å². The minimum atomic E-state index is -0.286. The number of aromatic hydroxyl groups is 1. The molecule has 0 aliphatic carbocycles. The molecule has 0 fully saturated rings. The van der Waals surface area contributed by atoms with Crippen LogP contribution in [0.1, 0.15) is 5.56 Å². The molecule has 0 amide bonds. The van der Waals surface area contributed by atoms with E-state index >= 15 is 0 Å². The van der Waals surface area contributed by atoms with Crippen molar-refractivity contribution in [3.63, 3.8) is 0 Å². The Morgan fingerprint density at radius 3 is 2.83 bits per heavy atom. The van der Waals surface area contributed by atoms with Gasteiger partial charge in [0, 0.05) is 11.5 Å². The molecule has 0 aliphatic heterocycles. The van der Waals surface area contributed by atoms with Crippen molar-refractivity contribution in [2.24, 2.45) is 0 Å². The van der Waals surface area contributed by atoms with Crippen LogP contribution in [-0.2, 0) is 0 Å². The lowest BCUT2D eigenvalue weighted by Gasteiger charge is -2.09. The Morgan fingerprint density at radius 1 is 1.29 bits per heavy atom. The van der Waals surface area contributed by atoms with E-state index in [2.05, 4.69) is 26.0 Å². The highest BCUT2D eigenvalue weighted by atomic mass is 79.9. The first-order valence-corrected chi connectivity index (χ1v) is 8.05. The number of fused-ring (bicyclic) bond motifs is 3. The zero-order chi connectivity index (χ0) is 17.0. The minimum absolute atomic E-state index is 0.0772. The van der Waals surface area contributed by atoms with Crippen molar-refractivity contribution in [3.05, 3.63) is 56.8 Å². The molecule has 24 heavy (non-hydrogen) atoms. The molecule has 6 nitrogen and oxygen atoms in total. The molecule has 0 radical (unpaired) electrons. The van der Waals surface area contributed by atoms with Crippen molar-refractivity contribution in [3.8, 4) is 11.4 Å². The Hall–Kier alpha value is -2.80. The van der Waals surface area contributed by atoms with Gasteiger partial charge in [0.2, 0.25) is 0 Å². The fraction of sp³-hybridized carbons (Fsp3) is 0.0588. The summed E-state index contributed by atoms with van der Waals surface area (Å²) in [6, 6.07) is 10.8. The van der Waals surface area contributed by atoms with Gasteiger partial charge in [-0.15, -0.1) is 0 Å². The molecule has 0 aliphatic rings. The first kappa shape index (κ1) is 14.8. The summed E-state index contributed by atoms with van der Waals surface area (Å²) in [4.78, 5) is 15.2. The number of rotatable bonds is 1. The maximum atomic E-state index is 12.4. The van der Waals surface area contributed by atoms with Crippen LogP contribution in [0, 0.1) is 6.92 Å². The molecular weight excluding hydrogens is 372 g/mol. The number of nitrogens with zero attached hydrogens (tertiary/aromatic N) is 2. The third-order valence-electron chi connectivity index (χ3n) is 4.07. The van der Waals surface area contributed by atoms with E-state index in [1.54, 1.807) is 12.1 Å². The number of anilines is 1. The molecule has 0 atom stereocenters. The highest BCUT2D eigenvalue weighted by Crippen LogP contribution is 2.32. The molecule has 4 aromatic rings. The number of hydrogen-bond donors (Lipinski definition) is 3. The van der Waals surface area contributed by atoms with E-state index in [1.807, 2.05) is 31.2 Å². The second kappa shape index (κ2) is 5.10. The van der Waals surface area contributed by atoms with E-state index in [9.17, 15) is 9.90 Å². The van der Waals surface area contributed by atoms with Crippen LogP contribution < -0.4 is 11.3 Å². The number of hydrogen-bond acceptors (Lipinski definition) is 4. The van der Waals surface area contributed by atoms with Gasteiger partial charge in [-0.2, -0.15) is 5.10 Å². The smallest absolute Gasteiger partial charge is 0.261 e. The summed E-state index contributed by atoms with van der Waals surface area (Å²) in [5.74, 6) is 0.315. The number of nitrogens with one attached hydrogen (secondary N) is 1. The molecule has 0 bridgehead atoms. The maximum Gasteiger partial charge on any atom is 0.261 e. The van der Waals surface area contributed by atoms with Crippen LogP contribution in [0.4, 0.5) is 5.82 Å². The average Bonchev–Trinajstić information content (AvgIpc) is 2.89. The van der Waals surface area contributed by atoms with Crippen molar-refractivity contribution >= 4 is 43.6 Å². The highest BCUT2D eigenvalue weighted by Gasteiger charge is 2.18. The molecule has 2 aromatic carbocycles. The maximum absolute atomic E-state index is 12.4. The van der Waals surface area contributed by atoms with E-state index in [-0.39, 0.29) is 17.1 Å². The molecule has 0 spiro atoms. The van der Waals surface area contributed by atoms with Gasteiger partial charge in [0.05, 0.1) is 15.7 Å². The van der Waals surface area contributed by atoms with Crippen LogP contribution in [0.5, 0.6) is 5.75 Å². The summed E-state index contributed by atoms with van der Waals surface area (Å²) in [6.07, 6.45) is 0. The Balaban J connectivity index is 2.14. The molecule has 0 saturated heterocycles. The lowest BCUT2D eigenvalue weighted by Crippen LogP contribution is -2.08. The average molecular weight is 385 g/mol. The van der Waals surface area contributed by atoms with Gasteiger partial charge in [0.25, 0.3) is 5.56 Å². The quantitative estimate of drug-likeness (QED) is 0.469. The molecule has 120 valence electrons. The summed E-state index contributed by atoms with van der Waals surface area (Å²) >= 11 is 3.28. The minimum Gasteiger partial charge on any atom is -0.507 e. The Morgan fingerprint density at radius 2 is 2.04 bits per heavy atom. The largest absolute Gasteiger partial charge is 0.507 e. The summed E-state index contributed by atoms with van der Waals surface area (Å²) in [6.45, 7) is 1.88. The predicted molar refractivity (Wildman–Crippen MR) is 97.7 cm³/mol. The summed E-state index contributed by atoms with van der Waals surface area (Å²) in [5, 5.41) is 15.7. The van der Waals surface area contributed by atoms with E-state index in [4.69, 9.17) is 5.73 Å². The van der Waals surface area contributed by atoms with E-state index < -0.39 is 0 Å². The Bertz CT molecular complexity index is 1180. The van der Waals surface area contributed by atoms with Gasteiger partial charge in [0.1, 0.15) is 22.5 Å². The number of aryl methyl sites for hydroxylation is 1. The van der Waals surface area contributed by atoms with E-state index in [1.165, 1.54) is 4.68 Å². The van der Waals surface area contributed by atoms with Gasteiger partial charge >= 0.3 is 0 Å². The normalized spacial score (nSPS) is 11.4. The molecule has 0 unspecified atom stereocenters. The zero-order valence-electron chi connectivity index (χ0n) is 12.7. The monoisotopic (exact) mass is 384 g/mol. The van der Waals surface area contributed by atoms with Gasteiger partial charge in [-0.1, -0.05) is 18.2 Å². The fourth-order valence-electron chi connectivity index (χ4n) is 2.89. The molecular formula is C17H13BrN4O2. The second-order valence-corrected chi connectivity index (χ2v) is 6.46. The molecule has 2 aromatic heterocycles. The van der Waals surface area contributed by atoms with Gasteiger partial charge in [-0.05, 0) is 40.5 Å². The van der Waals surface area contributed by atoms with Crippen LogP contribution >= 0.6 is 15.9 Å². The lowest BCUT2D eigenvalue weighted by atomic mass is 10.1. The standard InChI is InChI=1S/C17H13BrN4O2/c1-8-6-10(18)13(23)7-12(8)22-16(19)14-15(21-22)9-4-2-3-5-11(9)20-17(14)24/h2-7,23H,19H2,1H3,(H,20,24). The number of aromatic nitrogens is 3. The SMILES string of the molecule is Cc1cc(Br)c(O)cc1-n1nc2c(c1N)c(=O)[nH]c1ccccc12. The Kier molecular flexibility index (Phi) is 3.14. The summed E-state index contributed by atoms with van der Waals surface area (Å²) in [7, 11) is 0. The molecule has 2 heterocycles. The van der Waals surface area contributed by atoms with Crippen molar-refractivity contribution in [1.29, 1.82) is 0 Å². The van der Waals surface area contributed by atoms with Crippen molar-refractivity contribution in [2.75, 3.05) is 5.73 Å². The number of para-hydroxylation sites is 1. The number of aromatic amines is 1. The van der Waals surface area contributed by atoms with Gasteiger partial charge in [-0.3, -0.25) is 4.79 Å². The number of nitrogens with two attached hydrogens (primary N) is 1. The fourth-order valence-corrected chi connectivity index (χ4v) is 3.35. The summed E-state index contributed by atoms with van der Waals surface area (Å²) < 4.78 is 2.08. The number of phenolic OH excluding ortho intramolecular Hbond substituents is 1. The number of nitrogen functional groups attached to an aromatic ring is 1. The molecule has 4 N–H and O–H groups in total. The Labute approximate surface area is 144 Å². The van der Waals surface area contributed by atoms with Gasteiger partial charge < -0.3 is 15.8 Å². The lowest BCUT2D eigenvalue weighted by molar-refractivity contribution is 0.471. The first-order chi connectivity index (χ1) is 11.5. The van der Waals surface area contributed by atoms with Crippen molar-refractivity contribution in [2.45, 2.75) is 6.92 Å². The predicted octanol–water partition coefficient (Wildman–Crippen LogP) is 3.23. The topological polar surface area (TPSA) is 96.9 Å². The van der Waals surface area contributed by atoms with E-state index in [0.717, 1.165) is 10.9 Å². The van der Waals surface area contributed by atoms with Gasteiger partial charge in [-0.25, -0.2) is 4.68 Å². The van der Waals surface area contributed by atoms with Crippen LogP contribution in [0.15, 0.2) is 45.7 Å². The summed E-state index contributed by atoms with van der Waals surface area (Å²) in [5.41, 5.74) is 8.64. The van der Waals surface area contributed by atoms with E-state index in [0.29, 0.717) is 26.6 Å². The highest BCUT2D eigenvalue weighted by molar-refractivity contribution is 9.10. The zero-order valence-corrected chi connectivity index (χ0v) is 14.3. The molecule has 0 saturated carbocycles. The third-order valence-corrected chi connectivity index (χ3v) is 4.71. The first-order valence-electron chi connectivity index (χ1n) is 7.26. The van der Waals surface area contributed by atoms with Crippen molar-refractivity contribution in [1.82, 2.24) is 14.8 Å². The number of halogens is 1. The van der Waals surface area contributed by atoms with Crippen molar-refractivity contribution < 1.29 is 5.11 Å². The number of H-pyrrole nitrogens is 1. The molecule has 4 rings (SSSR count). The van der Waals surface area contributed by atoms with Crippen LogP contribution in [0.3, 0.4) is 0 Å². The number of phenols is 1. The van der Waals surface area contributed by atoms with Crippen LogP contribution in [0.25, 0.3) is 27.5 Å². The number of pyridine rings is 1. The van der Waals surface area contributed by atoms with Crippen LogP contribution in [0.2, 0.25) is 0 Å². The number of benzene rings is 2. The third kappa shape index (κ3) is 2.01. The second-order valence-electron chi connectivity index (χ2n) is 5.61. The van der Waals surface area contributed by atoms with Gasteiger partial charge in [0.15, 0.2) is 0 Å².